The molecule has 0 bridgehead atoms. The number of aryl methyl sites for hydroxylation is 2. The highest BCUT2D eigenvalue weighted by atomic mass is 16.2. The Hall–Kier alpha value is -2.15. The van der Waals surface area contributed by atoms with Gasteiger partial charge in [-0.1, -0.05) is 0 Å². The predicted octanol–water partition coefficient (Wildman–Crippen LogP) is 1.17. The Kier molecular flexibility index (Phi) is 4.80. The summed E-state index contributed by atoms with van der Waals surface area (Å²) in [5.41, 5.74) is 2.37. The van der Waals surface area contributed by atoms with E-state index < -0.39 is 0 Å². The van der Waals surface area contributed by atoms with E-state index in [-0.39, 0.29) is 11.8 Å². The van der Waals surface area contributed by atoms with Gasteiger partial charge in [0.15, 0.2) is 0 Å². The normalized spacial score (nSPS) is 24.3. The summed E-state index contributed by atoms with van der Waals surface area (Å²) in [5.74, 6) is 1.18. The number of nitrogens with one attached hydrogen (secondary N) is 1. The van der Waals surface area contributed by atoms with Crippen LogP contribution in [0.1, 0.15) is 29.9 Å². The number of rotatable bonds is 4. The molecule has 0 saturated carbocycles. The van der Waals surface area contributed by atoms with Crippen molar-refractivity contribution in [1.29, 1.82) is 0 Å². The van der Waals surface area contributed by atoms with Gasteiger partial charge in [-0.15, -0.1) is 0 Å². The minimum Gasteiger partial charge on any atom is -0.342 e. The van der Waals surface area contributed by atoms with E-state index in [2.05, 4.69) is 33.5 Å². The summed E-state index contributed by atoms with van der Waals surface area (Å²) in [6.07, 6.45) is 10.1. The van der Waals surface area contributed by atoms with E-state index in [1.54, 1.807) is 0 Å². The molecule has 2 saturated heterocycles. The monoisotopic (exact) mass is 356 g/mol. The number of amides is 1. The molecule has 140 valence electrons. The van der Waals surface area contributed by atoms with Crippen molar-refractivity contribution in [3.8, 4) is 0 Å². The molecular weight excluding hydrogens is 328 g/mol. The smallest absolute Gasteiger partial charge is 0.227 e. The lowest BCUT2D eigenvalue weighted by Crippen LogP contribution is -2.44. The first-order valence-electron chi connectivity index (χ1n) is 9.57. The third kappa shape index (κ3) is 3.53. The molecule has 26 heavy (non-hydrogen) atoms. The number of carbonyl (C=O) groups is 1. The van der Waals surface area contributed by atoms with Gasteiger partial charge in [0, 0.05) is 58.1 Å². The van der Waals surface area contributed by atoms with Crippen molar-refractivity contribution < 1.29 is 4.79 Å². The second-order valence-corrected chi connectivity index (χ2v) is 7.83. The molecule has 2 aliphatic rings. The summed E-state index contributed by atoms with van der Waals surface area (Å²) in [6.45, 7) is 6.38. The lowest BCUT2D eigenvalue weighted by atomic mass is 9.88. The molecule has 0 aromatic carbocycles. The van der Waals surface area contributed by atoms with Gasteiger partial charge in [0.25, 0.3) is 0 Å². The van der Waals surface area contributed by atoms with Gasteiger partial charge in [0.1, 0.15) is 0 Å². The first kappa shape index (κ1) is 17.3. The Bertz CT molecular complexity index is 758. The number of hydrogen-bond donors (Lipinski definition) is 1. The minimum atomic E-state index is 0.0320. The highest BCUT2D eigenvalue weighted by molar-refractivity contribution is 5.80. The van der Waals surface area contributed by atoms with Crippen LogP contribution in [0.15, 0.2) is 24.8 Å². The van der Waals surface area contributed by atoms with Gasteiger partial charge >= 0.3 is 0 Å². The van der Waals surface area contributed by atoms with Crippen LogP contribution in [0.5, 0.6) is 0 Å². The number of hydrogen-bond acceptors (Lipinski definition) is 4. The summed E-state index contributed by atoms with van der Waals surface area (Å²) in [6, 6.07) is 0. The van der Waals surface area contributed by atoms with Crippen molar-refractivity contribution in [2.24, 2.45) is 18.9 Å². The van der Waals surface area contributed by atoms with Crippen molar-refractivity contribution in [3.63, 3.8) is 0 Å². The van der Waals surface area contributed by atoms with Gasteiger partial charge in [0.05, 0.1) is 18.3 Å². The maximum absolute atomic E-state index is 13.1. The van der Waals surface area contributed by atoms with Crippen molar-refractivity contribution >= 4 is 5.91 Å². The summed E-state index contributed by atoms with van der Waals surface area (Å²) in [4.78, 5) is 15.2. The van der Waals surface area contributed by atoms with E-state index in [0.29, 0.717) is 11.8 Å². The summed E-state index contributed by atoms with van der Waals surface area (Å²) in [7, 11) is 1.93. The molecule has 4 rings (SSSR count). The minimum absolute atomic E-state index is 0.0320. The quantitative estimate of drug-likeness (QED) is 0.893. The number of aromatic nitrogens is 4. The first-order chi connectivity index (χ1) is 12.6. The molecule has 2 aliphatic heterocycles. The van der Waals surface area contributed by atoms with Crippen LogP contribution in [0.2, 0.25) is 0 Å². The average Bonchev–Trinajstić information content (AvgIpc) is 3.36. The van der Waals surface area contributed by atoms with Crippen molar-refractivity contribution in [1.82, 2.24) is 29.8 Å². The van der Waals surface area contributed by atoms with Crippen LogP contribution in [0.25, 0.3) is 0 Å². The van der Waals surface area contributed by atoms with Crippen LogP contribution < -0.4 is 5.32 Å². The van der Waals surface area contributed by atoms with Gasteiger partial charge < -0.3 is 10.2 Å². The summed E-state index contributed by atoms with van der Waals surface area (Å²) >= 11 is 0. The Morgan fingerprint density at radius 1 is 1.19 bits per heavy atom. The molecular formula is C19H28N6O. The van der Waals surface area contributed by atoms with Crippen molar-refractivity contribution in [3.05, 3.63) is 35.9 Å². The van der Waals surface area contributed by atoms with Crippen LogP contribution in [0, 0.1) is 18.8 Å². The Morgan fingerprint density at radius 3 is 2.65 bits per heavy atom. The zero-order chi connectivity index (χ0) is 18.1. The zero-order valence-corrected chi connectivity index (χ0v) is 15.6. The van der Waals surface area contributed by atoms with Crippen LogP contribution >= 0.6 is 0 Å². The van der Waals surface area contributed by atoms with Crippen molar-refractivity contribution in [2.75, 3.05) is 26.2 Å². The third-order valence-corrected chi connectivity index (χ3v) is 5.82. The lowest BCUT2D eigenvalue weighted by Gasteiger charge is -2.34. The van der Waals surface area contributed by atoms with Crippen LogP contribution in [-0.2, 0) is 18.4 Å². The fourth-order valence-electron chi connectivity index (χ4n) is 4.32. The zero-order valence-electron chi connectivity index (χ0n) is 15.6. The summed E-state index contributed by atoms with van der Waals surface area (Å²) in [5, 5.41) is 12.1. The van der Waals surface area contributed by atoms with Gasteiger partial charge in [-0.05, 0) is 36.8 Å². The van der Waals surface area contributed by atoms with E-state index in [9.17, 15) is 4.79 Å². The molecule has 1 amide bonds. The van der Waals surface area contributed by atoms with Crippen LogP contribution in [0.4, 0.5) is 0 Å². The van der Waals surface area contributed by atoms with E-state index in [1.807, 2.05) is 35.0 Å². The first-order valence-corrected chi connectivity index (χ1v) is 9.57. The number of nitrogens with zero attached hydrogens (tertiary/aromatic N) is 5. The van der Waals surface area contributed by atoms with Gasteiger partial charge in [0.2, 0.25) is 5.91 Å². The molecule has 7 heteroatoms. The number of likely N-dealkylation sites (tertiary alicyclic amines) is 1. The number of piperidine rings is 1. The van der Waals surface area contributed by atoms with Gasteiger partial charge in [-0.3, -0.25) is 14.2 Å². The molecule has 0 spiro atoms. The molecule has 2 fully saturated rings. The average molecular weight is 356 g/mol. The van der Waals surface area contributed by atoms with Gasteiger partial charge in [-0.25, -0.2) is 0 Å². The van der Waals surface area contributed by atoms with E-state index in [0.717, 1.165) is 45.6 Å². The molecule has 7 nitrogen and oxygen atoms in total. The topological polar surface area (TPSA) is 68.0 Å². The molecule has 2 atom stereocenters. The highest BCUT2D eigenvalue weighted by Gasteiger charge is 2.38. The standard InChI is InChI=1S/C19H28N6O/c1-14-7-22-25(11-14)12-15-3-5-24(6-4-15)19(26)18-10-20-9-17(18)16-8-21-23(2)13-16/h7-8,11,13,15,17-18,20H,3-6,9-10,12H2,1-2H3/t17-,18+/m1/s1. The third-order valence-electron chi connectivity index (χ3n) is 5.82. The molecule has 4 heterocycles. The van der Waals surface area contributed by atoms with E-state index in [1.165, 1.54) is 11.1 Å². The lowest BCUT2D eigenvalue weighted by molar-refractivity contribution is -0.136. The summed E-state index contributed by atoms with van der Waals surface area (Å²) < 4.78 is 3.86. The van der Waals surface area contributed by atoms with Gasteiger partial charge in [-0.2, -0.15) is 10.2 Å². The molecule has 0 radical (unpaired) electrons. The Morgan fingerprint density at radius 2 is 2.00 bits per heavy atom. The SMILES string of the molecule is Cc1cnn(CC2CCN(C(=O)[C@H]3CNC[C@@H]3c3cnn(C)c3)CC2)c1. The van der Waals surface area contributed by atoms with Crippen LogP contribution in [-0.4, -0.2) is 56.5 Å². The molecule has 2 aromatic rings. The largest absolute Gasteiger partial charge is 0.342 e. The van der Waals surface area contributed by atoms with Crippen molar-refractivity contribution in [2.45, 2.75) is 32.2 Å². The second-order valence-electron chi connectivity index (χ2n) is 7.83. The van der Waals surface area contributed by atoms with Crippen LogP contribution in [0.3, 0.4) is 0 Å². The molecule has 0 unspecified atom stereocenters. The predicted molar refractivity (Wildman–Crippen MR) is 98.6 cm³/mol. The van der Waals surface area contributed by atoms with E-state index in [4.69, 9.17) is 0 Å². The fraction of sp³-hybridized carbons (Fsp3) is 0.632. The van der Waals surface area contributed by atoms with E-state index >= 15 is 0 Å². The molecule has 2 aromatic heterocycles. The Balaban J connectivity index is 1.34. The second kappa shape index (κ2) is 7.23. The maximum Gasteiger partial charge on any atom is 0.227 e. The highest BCUT2D eigenvalue weighted by Crippen LogP contribution is 2.30. The maximum atomic E-state index is 13.1. The molecule has 1 N–H and O–H groups in total. The fourth-order valence-corrected chi connectivity index (χ4v) is 4.32. The number of carbonyl (C=O) groups excluding carboxylic acids is 1. The Labute approximate surface area is 154 Å². The molecule has 0 aliphatic carbocycles.